The highest BCUT2D eigenvalue weighted by Gasteiger charge is 2.02. The molecular formula is C13H22N2. The molecule has 0 spiro atoms. The molecule has 0 saturated heterocycles. The van der Waals surface area contributed by atoms with E-state index in [1.165, 1.54) is 16.7 Å². The van der Waals surface area contributed by atoms with E-state index in [2.05, 4.69) is 49.3 Å². The van der Waals surface area contributed by atoms with Crippen LogP contribution in [0.2, 0.25) is 0 Å². The lowest BCUT2D eigenvalue weighted by molar-refractivity contribution is 0.327. The van der Waals surface area contributed by atoms with Crippen LogP contribution in [-0.4, -0.2) is 32.1 Å². The van der Waals surface area contributed by atoms with E-state index in [1.54, 1.807) is 0 Å². The van der Waals surface area contributed by atoms with Crippen molar-refractivity contribution in [2.75, 3.05) is 27.2 Å². The number of benzene rings is 1. The molecule has 1 aromatic rings. The Bertz CT molecular complexity index is 307. The Morgan fingerprint density at radius 1 is 1.27 bits per heavy atom. The fourth-order valence-corrected chi connectivity index (χ4v) is 1.64. The third-order valence-electron chi connectivity index (χ3n) is 2.69. The van der Waals surface area contributed by atoms with Crippen molar-refractivity contribution < 1.29 is 0 Å². The zero-order valence-electron chi connectivity index (χ0n) is 10.3. The van der Waals surface area contributed by atoms with E-state index >= 15 is 0 Å². The first-order valence-electron chi connectivity index (χ1n) is 5.52. The van der Waals surface area contributed by atoms with E-state index in [-0.39, 0.29) is 0 Å². The van der Waals surface area contributed by atoms with Gasteiger partial charge in [0.15, 0.2) is 0 Å². The molecule has 0 aromatic heterocycles. The fourth-order valence-electron chi connectivity index (χ4n) is 1.64. The lowest BCUT2D eigenvalue weighted by atomic mass is 10.1. The Hall–Kier alpha value is -0.860. The fraction of sp³-hybridized carbons (Fsp3) is 0.538. The number of nitrogens with one attached hydrogen (secondary N) is 1. The molecule has 0 aliphatic heterocycles. The number of aryl methyl sites for hydroxylation is 2. The Balaban J connectivity index is 2.59. The summed E-state index contributed by atoms with van der Waals surface area (Å²) < 4.78 is 0. The van der Waals surface area contributed by atoms with Gasteiger partial charge in [0.25, 0.3) is 0 Å². The smallest absolute Gasteiger partial charge is 0.0233 e. The largest absolute Gasteiger partial charge is 0.318 e. The standard InChI is InChI=1S/C13H22N2/c1-11-5-6-12(2)13(9-11)10-15(4)8-7-14-3/h5-6,9,14H,7-8,10H2,1-4H3. The van der Waals surface area contributed by atoms with Gasteiger partial charge in [0.05, 0.1) is 0 Å². The van der Waals surface area contributed by atoms with Crippen molar-refractivity contribution in [3.05, 3.63) is 34.9 Å². The molecule has 2 nitrogen and oxygen atoms in total. The molecule has 0 atom stereocenters. The highest BCUT2D eigenvalue weighted by molar-refractivity contribution is 5.30. The van der Waals surface area contributed by atoms with Crippen molar-refractivity contribution >= 4 is 0 Å². The summed E-state index contributed by atoms with van der Waals surface area (Å²) in [6.07, 6.45) is 0. The third kappa shape index (κ3) is 4.02. The van der Waals surface area contributed by atoms with Gasteiger partial charge in [-0.1, -0.05) is 23.8 Å². The number of hydrogen-bond acceptors (Lipinski definition) is 2. The highest BCUT2D eigenvalue weighted by Crippen LogP contribution is 2.12. The molecular weight excluding hydrogens is 184 g/mol. The minimum Gasteiger partial charge on any atom is -0.318 e. The van der Waals surface area contributed by atoms with Gasteiger partial charge in [0, 0.05) is 19.6 Å². The normalized spacial score (nSPS) is 11.0. The molecule has 1 N–H and O–H groups in total. The lowest BCUT2D eigenvalue weighted by Gasteiger charge is -2.18. The van der Waals surface area contributed by atoms with Crippen molar-refractivity contribution in [2.24, 2.45) is 0 Å². The second-order valence-corrected chi connectivity index (χ2v) is 4.27. The Labute approximate surface area is 93.3 Å². The maximum atomic E-state index is 3.17. The van der Waals surface area contributed by atoms with Crippen molar-refractivity contribution in [2.45, 2.75) is 20.4 Å². The molecule has 0 radical (unpaired) electrons. The highest BCUT2D eigenvalue weighted by atomic mass is 15.1. The summed E-state index contributed by atoms with van der Waals surface area (Å²) in [5, 5.41) is 3.17. The topological polar surface area (TPSA) is 15.3 Å². The van der Waals surface area contributed by atoms with Crippen molar-refractivity contribution in [1.82, 2.24) is 10.2 Å². The number of rotatable bonds is 5. The molecule has 0 aliphatic carbocycles. The van der Waals surface area contributed by atoms with E-state index in [9.17, 15) is 0 Å². The van der Waals surface area contributed by atoms with Crippen molar-refractivity contribution in [3.63, 3.8) is 0 Å². The summed E-state index contributed by atoms with van der Waals surface area (Å²) in [5.41, 5.74) is 4.17. The van der Waals surface area contributed by atoms with Gasteiger partial charge in [-0.2, -0.15) is 0 Å². The number of hydrogen-bond donors (Lipinski definition) is 1. The van der Waals surface area contributed by atoms with Gasteiger partial charge in [-0.05, 0) is 39.1 Å². The lowest BCUT2D eigenvalue weighted by Crippen LogP contribution is -2.27. The first-order valence-corrected chi connectivity index (χ1v) is 5.52. The predicted octanol–water partition coefficient (Wildman–Crippen LogP) is 1.95. The molecule has 1 rings (SSSR count). The van der Waals surface area contributed by atoms with Crippen LogP contribution in [0.15, 0.2) is 18.2 Å². The molecule has 1 aromatic carbocycles. The third-order valence-corrected chi connectivity index (χ3v) is 2.69. The summed E-state index contributed by atoms with van der Waals surface area (Å²) >= 11 is 0. The molecule has 84 valence electrons. The number of nitrogens with zero attached hydrogens (tertiary/aromatic N) is 1. The molecule has 0 aliphatic rings. The van der Waals surface area contributed by atoms with Gasteiger partial charge in [0.2, 0.25) is 0 Å². The molecule has 0 heterocycles. The SMILES string of the molecule is CNCCN(C)Cc1cc(C)ccc1C. The Kier molecular flexibility index (Phi) is 4.79. The van der Waals surface area contributed by atoms with Gasteiger partial charge in [0.1, 0.15) is 0 Å². The Morgan fingerprint density at radius 3 is 2.67 bits per heavy atom. The van der Waals surface area contributed by atoms with Gasteiger partial charge in [-0.25, -0.2) is 0 Å². The average molecular weight is 206 g/mol. The first-order chi connectivity index (χ1) is 7.13. The van der Waals surface area contributed by atoms with E-state index in [1.807, 2.05) is 7.05 Å². The molecule has 0 bridgehead atoms. The zero-order chi connectivity index (χ0) is 11.3. The maximum Gasteiger partial charge on any atom is 0.0233 e. The van der Waals surface area contributed by atoms with E-state index < -0.39 is 0 Å². The van der Waals surface area contributed by atoms with Crippen LogP contribution in [0, 0.1) is 13.8 Å². The van der Waals surface area contributed by atoms with E-state index in [4.69, 9.17) is 0 Å². The minimum atomic E-state index is 1.04. The summed E-state index contributed by atoms with van der Waals surface area (Å²) in [5.74, 6) is 0. The molecule has 15 heavy (non-hydrogen) atoms. The maximum absolute atomic E-state index is 3.17. The van der Waals surface area contributed by atoms with Crippen molar-refractivity contribution in [1.29, 1.82) is 0 Å². The van der Waals surface area contributed by atoms with Crippen LogP contribution in [0.4, 0.5) is 0 Å². The monoisotopic (exact) mass is 206 g/mol. The summed E-state index contributed by atoms with van der Waals surface area (Å²) in [7, 11) is 4.16. The van der Waals surface area contributed by atoms with Crippen LogP contribution in [0.3, 0.4) is 0 Å². The predicted molar refractivity (Wildman–Crippen MR) is 66.2 cm³/mol. The molecule has 0 unspecified atom stereocenters. The zero-order valence-corrected chi connectivity index (χ0v) is 10.3. The van der Waals surface area contributed by atoms with Gasteiger partial charge in [-0.15, -0.1) is 0 Å². The quantitative estimate of drug-likeness (QED) is 0.792. The second-order valence-electron chi connectivity index (χ2n) is 4.27. The molecule has 0 saturated carbocycles. The van der Waals surface area contributed by atoms with Gasteiger partial charge < -0.3 is 10.2 Å². The number of likely N-dealkylation sites (N-methyl/N-ethyl adjacent to an activating group) is 2. The van der Waals surface area contributed by atoms with Gasteiger partial charge in [-0.3, -0.25) is 0 Å². The minimum absolute atomic E-state index is 1.04. The van der Waals surface area contributed by atoms with Crippen LogP contribution in [-0.2, 0) is 6.54 Å². The van der Waals surface area contributed by atoms with Crippen LogP contribution < -0.4 is 5.32 Å². The molecule has 2 heteroatoms. The van der Waals surface area contributed by atoms with Crippen LogP contribution >= 0.6 is 0 Å². The molecule has 0 amide bonds. The second kappa shape index (κ2) is 5.89. The summed E-state index contributed by atoms with van der Waals surface area (Å²) in [4.78, 5) is 2.35. The molecule has 0 fully saturated rings. The summed E-state index contributed by atoms with van der Waals surface area (Å²) in [6.45, 7) is 7.50. The van der Waals surface area contributed by atoms with Crippen molar-refractivity contribution in [3.8, 4) is 0 Å². The van der Waals surface area contributed by atoms with E-state index in [0.717, 1.165) is 19.6 Å². The van der Waals surface area contributed by atoms with Crippen LogP contribution in [0.1, 0.15) is 16.7 Å². The van der Waals surface area contributed by atoms with Gasteiger partial charge >= 0.3 is 0 Å². The van der Waals surface area contributed by atoms with E-state index in [0.29, 0.717) is 0 Å². The Morgan fingerprint density at radius 2 is 2.00 bits per heavy atom. The van der Waals surface area contributed by atoms with Crippen LogP contribution in [0.25, 0.3) is 0 Å². The summed E-state index contributed by atoms with van der Waals surface area (Å²) in [6, 6.07) is 6.66. The first kappa shape index (κ1) is 12.2. The van der Waals surface area contributed by atoms with Crippen LogP contribution in [0.5, 0.6) is 0 Å². The average Bonchev–Trinajstić information content (AvgIpc) is 2.20.